The molecule has 0 bridgehead atoms. The Morgan fingerprint density at radius 1 is 1.22 bits per heavy atom. The number of hydrogen-bond acceptors (Lipinski definition) is 7. The summed E-state index contributed by atoms with van der Waals surface area (Å²) in [6.45, 7) is 1.85. The van der Waals surface area contributed by atoms with Crippen molar-refractivity contribution in [2.75, 3.05) is 20.8 Å². The Morgan fingerprint density at radius 2 is 2.00 bits per heavy atom. The molecule has 0 aliphatic carbocycles. The van der Waals surface area contributed by atoms with Gasteiger partial charge in [-0.15, -0.1) is 5.10 Å². The van der Waals surface area contributed by atoms with E-state index < -0.39 is 5.97 Å². The van der Waals surface area contributed by atoms with Gasteiger partial charge in [0.15, 0.2) is 11.5 Å². The van der Waals surface area contributed by atoms with Crippen LogP contribution in [-0.2, 0) is 11.3 Å². The lowest BCUT2D eigenvalue weighted by molar-refractivity contribution is 0.0519. The zero-order valence-electron chi connectivity index (χ0n) is 13.1. The Bertz CT molecular complexity index is 711. The van der Waals surface area contributed by atoms with E-state index in [0.717, 1.165) is 0 Å². The Balaban J connectivity index is 2.17. The van der Waals surface area contributed by atoms with Crippen molar-refractivity contribution in [2.45, 2.75) is 13.5 Å². The van der Waals surface area contributed by atoms with E-state index in [-0.39, 0.29) is 24.6 Å². The first-order valence-electron chi connectivity index (χ1n) is 6.91. The van der Waals surface area contributed by atoms with Crippen LogP contribution in [-0.4, -0.2) is 47.6 Å². The second-order valence-electron chi connectivity index (χ2n) is 4.51. The van der Waals surface area contributed by atoms with Gasteiger partial charge in [-0.1, -0.05) is 5.21 Å². The quantitative estimate of drug-likeness (QED) is 0.562. The number of carbonyl (C=O) groups is 2. The number of nitrogens with zero attached hydrogens (tertiary/aromatic N) is 3. The minimum absolute atomic E-state index is 0.0530. The monoisotopic (exact) mass is 319 g/mol. The number of Topliss-reactive ketones (excluding diaryl/α,β-unsaturated/α-hetero) is 1. The van der Waals surface area contributed by atoms with E-state index in [1.54, 1.807) is 25.1 Å². The van der Waals surface area contributed by atoms with Crippen LogP contribution in [0.15, 0.2) is 24.4 Å². The Kier molecular flexibility index (Phi) is 5.29. The van der Waals surface area contributed by atoms with Crippen molar-refractivity contribution in [2.24, 2.45) is 0 Å². The molecule has 0 amide bonds. The molecule has 0 saturated carbocycles. The highest BCUT2D eigenvalue weighted by Gasteiger charge is 2.17. The number of ketones is 1. The molecule has 0 fully saturated rings. The maximum Gasteiger partial charge on any atom is 0.360 e. The van der Waals surface area contributed by atoms with Crippen molar-refractivity contribution in [1.29, 1.82) is 0 Å². The largest absolute Gasteiger partial charge is 0.497 e. The van der Waals surface area contributed by atoms with Gasteiger partial charge < -0.3 is 14.2 Å². The van der Waals surface area contributed by atoms with Gasteiger partial charge in [-0.25, -0.2) is 9.48 Å². The molecule has 122 valence electrons. The van der Waals surface area contributed by atoms with E-state index in [1.807, 2.05) is 0 Å². The number of benzene rings is 1. The van der Waals surface area contributed by atoms with Crippen LogP contribution in [0.25, 0.3) is 0 Å². The van der Waals surface area contributed by atoms with Gasteiger partial charge in [0, 0.05) is 0 Å². The van der Waals surface area contributed by atoms with Gasteiger partial charge in [0.2, 0.25) is 0 Å². The fourth-order valence-corrected chi connectivity index (χ4v) is 1.94. The molecule has 0 saturated heterocycles. The van der Waals surface area contributed by atoms with Gasteiger partial charge in [-0.3, -0.25) is 4.79 Å². The number of carbonyl (C=O) groups excluding carboxylic acids is 2. The predicted molar refractivity (Wildman–Crippen MR) is 79.9 cm³/mol. The molecule has 0 N–H and O–H groups in total. The van der Waals surface area contributed by atoms with E-state index in [2.05, 4.69) is 10.3 Å². The van der Waals surface area contributed by atoms with E-state index in [1.165, 1.54) is 25.1 Å². The summed E-state index contributed by atoms with van der Waals surface area (Å²) in [4.78, 5) is 24.0. The van der Waals surface area contributed by atoms with Crippen molar-refractivity contribution in [3.63, 3.8) is 0 Å². The number of ether oxygens (including phenoxy) is 3. The molecule has 8 heteroatoms. The highest BCUT2D eigenvalue weighted by atomic mass is 16.5. The molecule has 0 spiro atoms. The van der Waals surface area contributed by atoms with Crippen molar-refractivity contribution in [1.82, 2.24) is 15.0 Å². The van der Waals surface area contributed by atoms with E-state index in [4.69, 9.17) is 14.2 Å². The lowest BCUT2D eigenvalue weighted by Crippen LogP contribution is -2.12. The van der Waals surface area contributed by atoms with Gasteiger partial charge in [0.1, 0.15) is 18.0 Å². The van der Waals surface area contributed by atoms with Gasteiger partial charge in [-0.05, 0) is 25.1 Å². The lowest BCUT2D eigenvalue weighted by Gasteiger charge is -2.09. The zero-order chi connectivity index (χ0) is 16.8. The number of hydrogen-bond donors (Lipinski definition) is 0. The fraction of sp³-hybridized carbons (Fsp3) is 0.333. The Hall–Kier alpha value is -2.90. The molecular formula is C15H17N3O5. The lowest BCUT2D eigenvalue weighted by atomic mass is 10.1. The van der Waals surface area contributed by atoms with Gasteiger partial charge in [0.25, 0.3) is 0 Å². The Labute approximate surface area is 133 Å². The standard InChI is InChI=1S/C15H17N3O5/c1-4-23-15(20)12-8-18(17-16-12)9-13(19)11-7-10(21-2)5-6-14(11)22-3/h5-8H,4,9H2,1-3H3. The summed E-state index contributed by atoms with van der Waals surface area (Å²) in [5, 5.41) is 7.44. The third kappa shape index (κ3) is 3.85. The molecule has 1 aromatic carbocycles. The fourth-order valence-electron chi connectivity index (χ4n) is 1.94. The molecule has 0 unspecified atom stereocenters. The summed E-state index contributed by atoms with van der Waals surface area (Å²) >= 11 is 0. The van der Waals surface area contributed by atoms with Crippen molar-refractivity contribution >= 4 is 11.8 Å². The average molecular weight is 319 g/mol. The first-order valence-corrected chi connectivity index (χ1v) is 6.91. The van der Waals surface area contributed by atoms with Crippen LogP contribution in [0.4, 0.5) is 0 Å². The van der Waals surface area contributed by atoms with Crippen LogP contribution in [0.5, 0.6) is 11.5 Å². The topological polar surface area (TPSA) is 92.5 Å². The first-order chi connectivity index (χ1) is 11.1. The number of esters is 1. The van der Waals surface area contributed by atoms with Crippen LogP contribution in [0.3, 0.4) is 0 Å². The van der Waals surface area contributed by atoms with E-state index >= 15 is 0 Å². The molecule has 0 radical (unpaired) electrons. The van der Waals surface area contributed by atoms with Gasteiger partial charge in [0.05, 0.1) is 32.6 Å². The maximum atomic E-state index is 12.4. The van der Waals surface area contributed by atoms with Crippen LogP contribution < -0.4 is 9.47 Å². The summed E-state index contributed by atoms with van der Waals surface area (Å²) in [6.07, 6.45) is 1.36. The number of aromatic nitrogens is 3. The van der Waals surface area contributed by atoms with Crippen LogP contribution in [0.1, 0.15) is 27.8 Å². The van der Waals surface area contributed by atoms with E-state index in [0.29, 0.717) is 17.1 Å². The SMILES string of the molecule is CCOC(=O)c1cn(CC(=O)c2cc(OC)ccc2OC)nn1. The van der Waals surface area contributed by atoms with Crippen LogP contribution in [0, 0.1) is 0 Å². The average Bonchev–Trinajstić information content (AvgIpc) is 3.03. The molecule has 0 aliphatic heterocycles. The first kappa shape index (κ1) is 16.5. The highest BCUT2D eigenvalue weighted by molar-refractivity contribution is 5.99. The molecule has 2 aromatic rings. The number of rotatable bonds is 7. The number of methoxy groups -OCH3 is 2. The third-order valence-corrected chi connectivity index (χ3v) is 3.04. The summed E-state index contributed by atoms with van der Waals surface area (Å²) in [7, 11) is 2.99. The molecule has 8 nitrogen and oxygen atoms in total. The van der Waals surface area contributed by atoms with Gasteiger partial charge >= 0.3 is 5.97 Å². The predicted octanol–water partition coefficient (Wildman–Crippen LogP) is 1.35. The van der Waals surface area contributed by atoms with Crippen LogP contribution in [0.2, 0.25) is 0 Å². The maximum absolute atomic E-state index is 12.4. The van der Waals surface area contributed by atoms with Crippen molar-refractivity contribution in [3.8, 4) is 11.5 Å². The summed E-state index contributed by atoms with van der Waals surface area (Å²) in [5.41, 5.74) is 0.414. The van der Waals surface area contributed by atoms with Crippen molar-refractivity contribution in [3.05, 3.63) is 35.7 Å². The second kappa shape index (κ2) is 7.39. The molecule has 2 rings (SSSR count). The normalized spacial score (nSPS) is 10.2. The molecular weight excluding hydrogens is 302 g/mol. The summed E-state index contributed by atoms with van der Waals surface area (Å²) in [5.74, 6) is 0.146. The Morgan fingerprint density at radius 3 is 2.65 bits per heavy atom. The highest BCUT2D eigenvalue weighted by Crippen LogP contribution is 2.24. The smallest absolute Gasteiger partial charge is 0.360 e. The summed E-state index contributed by atoms with van der Waals surface area (Å²) in [6, 6.07) is 4.94. The summed E-state index contributed by atoms with van der Waals surface area (Å²) < 4.78 is 16.4. The van der Waals surface area contributed by atoms with Gasteiger partial charge in [-0.2, -0.15) is 0 Å². The van der Waals surface area contributed by atoms with Crippen LogP contribution >= 0.6 is 0 Å². The van der Waals surface area contributed by atoms with Crippen molar-refractivity contribution < 1.29 is 23.8 Å². The third-order valence-electron chi connectivity index (χ3n) is 3.04. The van der Waals surface area contributed by atoms with E-state index in [9.17, 15) is 9.59 Å². The zero-order valence-corrected chi connectivity index (χ0v) is 13.1. The molecule has 0 aliphatic rings. The minimum atomic E-state index is -0.579. The molecule has 0 atom stereocenters. The molecule has 23 heavy (non-hydrogen) atoms. The molecule has 1 heterocycles. The second-order valence-corrected chi connectivity index (χ2v) is 4.51. The minimum Gasteiger partial charge on any atom is -0.497 e. The molecule has 1 aromatic heterocycles.